The highest BCUT2D eigenvalue weighted by Gasteiger charge is 2.04. The van der Waals surface area contributed by atoms with Gasteiger partial charge in [0.15, 0.2) is 0 Å². The van der Waals surface area contributed by atoms with Gasteiger partial charge in [-0.15, -0.1) is 0 Å². The second-order valence-corrected chi connectivity index (χ2v) is 4.03. The minimum Gasteiger partial charge on any atom is -0.493 e. The van der Waals surface area contributed by atoms with Gasteiger partial charge < -0.3 is 10.2 Å². The Hall–Kier alpha value is -2.07. The third-order valence-electron chi connectivity index (χ3n) is 2.61. The molecule has 2 aromatic carbocycles. The molecule has 0 saturated heterocycles. The van der Waals surface area contributed by atoms with Crippen molar-refractivity contribution >= 4 is 5.69 Å². The predicted molar refractivity (Wildman–Crippen MR) is 74.5 cm³/mol. The summed E-state index contributed by atoms with van der Waals surface area (Å²) in [7, 11) is 0. The van der Waals surface area contributed by atoms with E-state index in [-0.39, 0.29) is 5.82 Å². The van der Waals surface area contributed by atoms with E-state index in [1.54, 1.807) is 6.07 Å². The number of nitrogens with one attached hydrogen (secondary N) is 2. The molecule has 0 saturated carbocycles. The van der Waals surface area contributed by atoms with Crippen LogP contribution in [0.5, 0.6) is 5.75 Å². The molecule has 3 nitrogen and oxygen atoms in total. The Morgan fingerprint density at radius 2 is 1.89 bits per heavy atom. The van der Waals surface area contributed by atoms with Gasteiger partial charge in [0.1, 0.15) is 11.6 Å². The van der Waals surface area contributed by atoms with E-state index in [0.29, 0.717) is 18.9 Å². The molecule has 0 atom stereocenters. The van der Waals surface area contributed by atoms with Gasteiger partial charge in [0.2, 0.25) is 0 Å². The highest BCUT2D eigenvalue weighted by Crippen LogP contribution is 2.19. The van der Waals surface area contributed by atoms with E-state index in [1.165, 1.54) is 12.1 Å². The molecule has 0 aliphatic carbocycles. The second-order valence-electron chi connectivity index (χ2n) is 4.03. The number of hydrogen-bond acceptors (Lipinski definition) is 3. The Balaban J connectivity index is 1.95. The average Bonchev–Trinajstić information content (AvgIpc) is 2.43. The third kappa shape index (κ3) is 3.96. The largest absolute Gasteiger partial charge is 0.493 e. The zero-order chi connectivity index (χ0) is 13.5. The van der Waals surface area contributed by atoms with Crippen LogP contribution >= 0.6 is 0 Å². The zero-order valence-electron chi connectivity index (χ0n) is 10.8. The fourth-order valence-corrected chi connectivity index (χ4v) is 1.73. The molecule has 0 spiro atoms. The first kappa shape index (κ1) is 13.4. The van der Waals surface area contributed by atoms with Gasteiger partial charge in [0, 0.05) is 23.9 Å². The lowest BCUT2D eigenvalue weighted by Crippen LogP contribution is -2.21. The van der Waals surface area contributed by atoms with Crippen LogP contribution in [0.4, 0.5) is 10.1 Å². The van der Waals surface area contributed by atoms with Crippen molar-refractivity contribution in [2.75, 3.05) is 12.0 Å². The first-order valence-corrected chi connectivity index (χ1v) is 6.24. The van der Waals surface area contributed by atoms with E-state index >= 15 is 0 Å². The van der Waals surface area contributed by atoms with Crippen LogP contribution in [0.3, 0.4) is 0 Å². The van der Waals surface area contributed by atoms with Gasteiger partial charge in [0.25, 0.3) is 0 Å². The van der Waals surface area contributed by atoms with E-state index in [9.17, 15) is 4.39 Å². The maximum Gasteiger partial charge on any atom is 0.126 e. The molecule has 100 valence electrons. The van der Waals surface area contributed by atoms with Crippen LogP contribution in [0.25, 0.3) is 0 Å². The molecule has 0 aliphatic heterocycles. The molecule has 4 heteroatoms. The molecule has 2 aromatic rings. The summed E-state index contributed by atoms with van der Waals surface area (Å²) in [5.41, 5.74) is 8.05. The molecule has 2 rings (SSSR count). The first-order chi connectivity index (χ1) is 9.29. The van der Waals surface area contributed by atoms with Crippen molar-refractivity contribution in [2.24, 2.45) is 0 Å². The predicted octanol–water partition coefficient (Wildman–Crippen LogP) is 3.34. The smallest absolute Gasteiger partial charge is 0.126 e. The van der Waals surface area contributed by atoms with Crippen LogP contribution < -0.4 is 15.6 Å². The highest BCUT2D eigenvalue weighted by atomic mass is 19.1. The minimum atomic E-state index is -0.289. The fraction of sp³-hybridized carbons (Fsp3) is 0.200. The lowest BCUT2D eigenvalue weighted by molar-refractivity contribution is 0.334. The standard InChI is InChI=1S/C15H17FN2O/c1-2-19-15-10-13(16)9-8-12(15)11-17-18-14-6-4-3-5-7-14/h3-10,17-18H,2,11H2,1H3. The Kier molecular flexibility index (Phi) is 4.75. The summed E-state index contributed by atoms with van der Waals surface area (Å²) in [5, 5.41) is 0. The SMILES string of the molecule is CCOc1cc(F)ccc1CNNc1ccccc1. The number of hydrazine groups is 1. The minimum absolute atomic E-state index is 0.289. The molecule has 0 bridgehead atoms. The molecule has 0 aromatic heterocycles. The number of ether oxygens (including phenoxy) is 1. The number of benzene rings is 2. The summed E-state index contributed by atoms with van der Waals surface area (Å²) in [6.45, 7) is 2.94. The summed E-state index contributed by atoms with van der Waals surface area (Å²) >= 11 is 0. The lowest BCUT2D eigenvalue weighted by atomic mass is 10.2. The van der Waals surface area contributed by atoms with E-state index < -0.39 is 0 Å². The number of rotatable bonds is 6. The van der Waals surface area contributed by atoms with Crippen molar-refractivity contribution in [3.63, 3.8) is 0 Å². The Labute approximate surface area is 112 Å². The molecule has 0 radical (unpaired) electrons. The van der Waals surface area contributed by atoms with E-state index in [1.807, 2.05) is 37.3 Å². The molecular formula is C15H17FN2O. The first-order valence-electron chi connectivity index (χ1n) is 6.24. The van der Waals surface area contributed by atoms with Crippen LogP contribution in [0.15, 0.2) is 48.5 Å². The molecule has 0 unspecified atom stereocenters. The number of halogens is 1. The Morgan fingerprint density at radius 1 is 1.11 bits per heavy atom. The molecule has 0 fully saturated rings. The van der Waals surface area contributed by atoms with Crippen LogP contribution in [0.1, 0.15) is 12.5 Å². The van der Waals surface area contributed by atoms with E-state index in [2.05, 4.69) is 10.9 Å². The average molecular weight is 260 g/mol. The fourth-order valence-electron chi connectivity index (χ4n) is 1.73. The maximum absolute atomic E-state index is 13.1. The van der Waals surface area contributed by atoms with Crippen LogP contribution in [0, 0.1) is 5.82 Å². The van der Waals surface area contributed by atoms with Crippen molar-refractivity contribution in [3.05, 3.63) is 59.9 Å². The summed E-state index contributed by atoms with van der Waals surface area (Å²) in [6, 6.07) is 14.3. The molecule has 0 amide bonds. The van der Waals surface area contributed by atoms with Crippen LogP contribution in [0.2, 0.25) is 0 Å². The maximum atomic E-state index is 13.1. The molecule has 2 N–H and O–H groups in total. The van der Waals surface area contributed by atoms with Crippen LogP contribution in [-0.2, 0) is 6.54 Å². The monoisotopic (exact) mass is 260 g/mol. The molecule has 19 heavy (non-hydrogen) atoms. The summed E-state index contributed by atoms with van der Waals surface area (Å²) in [5.74, 6) is 0.285. The van der Waals surface area contributed by atoms with Crippen LogP contribution in [-0.4, -0.2) is 6.61 Å². The van der Waals surface area contributed by atoms with Crippen molar-refractivity contribution in [1.82, 2.24) is 5.43 Å². The normalized spacial score (nSPS) is 10.2. The lowest BCUT2D eigenvalue weighted by Gasteiger charge is -2.12. The van der Waals surface area contributed by atoms with Crippen molar-refractivity contribution in [1.29, 1.82) is 0 Å². The summed E-state index contributed by atoms with van der Waals surface area (Å²) < 4.78 is 18.6. The Bertz CT molecular complexity index is 517. The Morgan fingerprint density at radius 3 is 2.63 bits per heavy atom. The molecule has 0 heterocycles. The molecule has 0 aliphatic rings. The van der Waals surface area contributed by atoms with Crippen molar-refractivity contribution < 1.29 is 9.13 Å². The second kappa shape index (κ2) is 6.75. The number of para-hydroxylation sites is 1. The summed E-state index contributed by atoms with van der Waals surface area (Å²) in [4.78, 5) is 0. The number of anilines is 1. The van der Waals surface area contributed by atoms with Gasteiger partial charge in [0.05, 0.1) is 6.61 Å². The molecular weight excluding hydrogens is 243 g/mol. The van der Waals surface area contributed by atoms with Gasteiger partial charge in [-0.05, 0) is 25.1 Å². The highest BCUT2D eigenvalue weighted by molar-refractivity contribution is 5.41. The van der Waals surface area contributed by atoms with Gasteiger partial charge in [-0.25, -0.2) is 9.82 Å². The van der Waals surface area contributed by atoms with Crippen molar-refractivity contribution in [2.45, 2.75) is 13.5 Å². The van der Waals surface area contributed by atoms with Gasteiger partial charge in [-0.3, -0.25) is 0 Å². The van der Waals surface area contributed by atoms with Gasteiger partial charge in [-0.1, -0.05) is 24.3 Å². The van der Waals surface area contributed by atoms with Gasteiger partial charge >= 0.3 is 0 Å². The topological polar surface area (TPSA) is 33.3 Å². The van der Waals surface area contributed by atoms with Gasteiger partial charge in [-0.2, -0.15) is 0 Å². The van der Waals surface area contributed by atoms with Crippen molar-refractivity contribution in [3.8, 4) is 5.75 Å². The zero-order valence-corrected chi connectivity index (χ0v) is 10.8. The van der Waals surface area contributed by atoms with E-state index in [4.69, 9.17) is 4.74 Å². The summed E-state index contributed by atoms with van der Waals surface area (Å²) in [6.07, 6.45) is 0. The third-order valence-corrected chi connectivity index (χ3v) is 2.61. The number of hydrogen-bond donors (Lipinski definition) is 2. The van der Waals surface area contributed by atoms with E-state index in [0.717, 1.165) is 11.3 Å². The quantitative estimate of drug-likeness (QED) is 0.781.